The minimum Gasteiger partial charge on any atom is -0.447 e. The fourth-order valence-corrected chi connectivity index (χ4v) is 4.12. The van der Waals surface area contributed by atoms with Crippen LogP contribution in [-0.2, 0) is 15.1 Å². The van der Waals surface area contributed by atoms with Crippen molar-refractivity contribution in [3.63, 3.8) is 0 Å². The van der Waals surface area contributed by atoms with Crippen LogP contribution in [0.2, 0.25) is 0 Å². The molecule has 1 fully saturated rings. The summed E-state index contributed by atoms with van der Waals surface area (Å²) in [6.07, 6.45) is -1.01. The van der Waals surface area contributed by atoms with Gasteiger partial charge in [-0.2, -0.15) is 10.2 Å². The standard InChI is InChI=1S/C25H34F2N6O3/c1-24(2,3)14-18(34)32(23(35)36-12-11-31-9-7-29-8-10-31)22-30-20-17(26)13-16(15-28)19(27)21(20)33(22)25(4,5)6/h13,29H,7-12,14H2,1-6H3. The molecular formula is C25H34F2N6O3. The van der Waals surface area contributed by atoms with E-state index in [1.807, 2.05) is 20.8 Å². The molecule has 36 heavy (non-hydrogen) atoms. The summed E-state index contributed by atoms with van der Waals surface area (Å²) >= 11 is 0. The van der Waals surface area contributed by atoms with Gasteiger partial charge >= 0.3 is 6.09 Å². The van der Waals surface area contributed by atoms with E-state index in [2.05, 4.69) is 15.2 Å². The van der Waals surface area contributed by atoms with E-state index in [1.54, 1.807) is 26.8 Å². The average molecular weight is 505 g/mol. The lowest BCUT2D eigenvalue weighted by Gasteiger charge is -2.30. The number of nitrogens with zero attached hydrogens (tertiary/aromatic N) is 5. The van der Waals surface area contributed by atoms with Gasteiger partial charge in [0.05, 0.1) is 5.56 Å². The molecule has 1 saturated heterocycles. The first-order chi connectivity index (χ1) is 16.7. The highest BCUT2D eigenvalue weighted by Crippen LogP contribution is 2.35. The lowest BCUT2D eigenvalue weighted by molar-refractivity contribution is -0.120. The molecule has 0 aliphatic carbocycles. The van der Waals surface area contributed by atoms with Crippen LogP contribution in [0.4, 0.5) is 19.5 Å². The summed E-state index contributed by atoms with van der Waals surface area (Å²) in [6.45, 7) is 14.4. The number of nitrogens with one attached hydrogen (secondary N) is 1. The number of fused-ring (bicyclic) bond motifs is 1. The Hall–Kier alpha value is -3.10. The first kappa shape index (κ1) is 27.5. The van der Waals surface area contributed by atoms with Gasteiger partial charge in [0.1, 0.15) is 23.7 Å². The third-order valence-electron chi connectivity index (χ3n) is 5.75. The molecule has 0 spiro atoms. The topological polar surface area (TPSA) is 103 Å². The van der Waals surface area contributed by atoms with E-state index in [0.717, 1.165) is 37.1 Å². The molecule has 1 aromatic heterocycles. The lowest BCUT2D eigenvalue weighted by atomic mass is 9.92. The van der Waals surface area contributed by atoms with Crippen molar-refractivity contribution in [2.45, 2.75) is 53.5 Å². The highest BCUT2D eigenvalue weighted by molar-refractivity contribution is 6.12. The number of imide groups is 1. The van der Waals surface area contributed by atoms with Crippen LogP contribution in [0.15, 0.2) is 6.07 Å². The van der Waals surface area contributed by atoms with Crippen LogP contribution in [0.3, 0.4) is 0 Å². The van der Waals surface area contributed by atoms with Crippen molar-refractivity contribution in [2.24, 2.45) is 5.41 Å². The van der Waals surface area contributed by atoms with Crippen molar-refractivity contribution in [1.82, 2.24) is 19.8 Å². The second-order valence-corrected chi connectivity index (χ2v) is 11.1. The quantitative estimate of drug-likeness (QED) is 0.661. The zero-order valence-electron chi connectivity index (χ0n) is 21.7. The maximum atomic E-state index is 15.3. The molecule has 1 aliphatic heterocycles. The second-order valence-electron chi connectivity index (χ2n) is 11.1. The zero-order valence-corrected chi connectivity index (χ0v) is 21.7. The third kappa shape index (κ3) is 5.99. The van der Waals surface area contributed by atoms with Crippen LogP contribution >= 0.6 is 0 Å². The number of benzene rings is 1. The number of imidazole rings is 1. The molecule has 196 valence electrons. The van der Waals surface area contributed by atoms with Gasteiger partial charge in [0.15, 0.2) is 11.6 Å². The van der Waals surface area contributed by atoms with E-state index < -0.39 is 40.2 Å². The van der Waals surface area contributed by atoms with Crippen LogP contribution in [0.5, 0.6) is 0 Å². The number of nitriles is 1. The highest BCUT2D eigenvalue weighted by atomic mass is 19.1. The fraction of sp³-hybridized carbons (Fsp3) is 0.600. The third-order valence-corrected chi connectivity index (χ3v) is 5.75. The minimum absolute atomic E-state index is 0.0369. The first-order valence-electron chi connectivity index (χ1n) is 12.0. The van der Waals surface area contributed by atoms with Gasteiger partial charge in [-0.1, -0.05) is 20.8 Å². The maximum absolute atomic E-state index is 15.3. The van der Waals surface area contributed by atoms with Gasteiger partial charge in [-0.25, -0.2) is 18.6 Å². The minimum atomic E-state index is -0.974. The molecule has 3 rings (SSSR count). The Labute approximate surface area is 210 Å². The van der Waals surface area contributed by atoms with Gasteiger partial charge in [-0.3, -0.25) is 9.69 Å². The van der Waals surface area contributed by atoms with Crippen molar-refractivity contribution in [3.8, 4) is 6.07 Å². The predicted octanol–water partition coefficient (Wildman–Crippen LogP) is 3.75. The number of aromatic nitrogens is 2. The summed E-state index contributed by atoms with van der Waals surface area (Å²) < 4.78 is 37.0. The maximum Gasteiger partial charge on any atom is 0.423 e. The second kappa shape index (κ2) is 10.5. The van der Waals surface area contributed by atoms with Gasteiger partial charge in [0, 0.05) is 44.7 Å². The molecular weight excluding hydrogens is 470 g/mol. The Balaban J connectivity index is 2.09. The molecule has 0 radical (unpaired) electrons. The largest absolute Gasteiger partial charge is 0.447 e. The van der Waals surface area contributed by atoms with E-state index in [1.165, 1.54) is 4.57 Å². The lowest BCUT2D eigenvalue weighted by Crippen LogP contribution is -2.46. The number of carbonyl (C=O) groups is 2. The zero-order chi connectivity index (χ0) is 26.8. The van der Waals surface area contributed by atoms with Gasteiger partial charge in [-0.05, 0) is 32.3 Å². The van der Waals surface area contributed by atoms with Crippen LogP contribution in [0.25, 0.3) is 11.0 Å². The number of piperazine rings is 1. The molecule has 9 nitrogen and oxygen atoms in total. The van der Waals surface area contributed by atoms with Crippen molar-refractivity contribution >= 4 is 29.0 Å². The van der Waals surface area contributed by atoms with Crippen molar-refractivity contribution in [1.29, 1.82) is 5.26 Å². The molecule has 2 heterocycles. The van der Waals surface area contributed by atoms with Crippen LogP contribution in [0.1, 0.15) is 53.5 Å². The Morgan fingerprint density at radius 1 is 1.19 bits per heavy atom. The number of halogens is 2. The normalized spacial score (nSPS) is 15.1. The molecule has 0 bridgehead atoms. The summed E-state index contributed by atoms with van der Waals surface area (Å²) in [4.78, 5) is 33.8. The van der Waals surface area contributed by atoms with Crippen LogP contribution in [0, 0.1) is 28.4 Å². The number of amides is 2. The monoisotopic (exact) mass is 504 g/mol. The summed E-state index contributed by atoms with van der Waals surface area (Å²) in [7, 11) is 0. The Morgan fingerprint density at radius 2 is 1.83 bits per heavy atom. The van der Waals surface area contributed by atoms with Crippen molar-refractivity contribution in [3.05, 3.63) is 23.3 Å². The molecule has 1 aromatic carbocycles. The highest BCUT2D eigenvalue weighted by Gasteiger charge is 2.37. The SMILES string of the molecule is CC(C)(C)CC(=O)N(C(=O)OCCN1CCNCC1)c1nc2c(F)cc(C#N)c(F)c2n1C(C)(C)C. The van der Waals surface area contributed by atoms with Crippen molar-refractivity contribution in [2.75, 3.05) is 44.2 Å². The fourth-order valence-electron chi connectivity index (χ4n) is 4.12. The Morgan fingerprint density at radius 3 is 2.39 bits per heavy atom. The summed E-state index contributed by atoms with van der Waals surface area (Å²) in [5, 5.41) is 12.5. The Kier molecular flexibility index (Phi) is 8.00. The van der Waals surface area contributed by atoms with Crippen LogP contribution in [-0.4, -0.2) is 65.8 Å². The number of hydrogen-bond donors (Lipinski definition) is 1. The van der Waals surface area contributed by atoms with Gasteiger partial charge < -0.3 is 14.6 Å². The van der Waals surface area contributed by atoms with E-state index in [9.17, 15) is 19.2 Å². The summed E-state index contributed by atoms with van der Waals surface area (Å²) in [5.74, 6) is -2.77. The van der Waals surface area contributed by atoms with Gasteiger partial charge in [0.25, 0.3) is 0 Å². The number of anilines is 1. The number of carbonyl (C=O) groups excluding carboxylic acids is 2. The molecule has 2 amide bonds. The molecule has 0 atom stereocenters. The molecule has 0 unspecified atom stereocenters. The van der Waals surface area contributed by atoms with E-state index in [-0.39, 0.29) is 30.0 Å². The van der Waals surface area contributed by atoms with E-state index in [4.69, 9.17) is 4.74 Å². The average Bonchev–Trinajstić information content (AvgIpc) is 3.17. The van der Waals surface area contributed by atoms with E-state index >= 15 is 4.39 Å². The number of hydrogen-bond acceptors (Lipinski definition) is 7. The first-order valence-corrected chi connectivity index (χ1v) is 12.0. The number of rotatable bonds is 5. The number of ether oxygens (including phenoxy) is 1. The van der Waals surface area contributed by atoms with Crippen molar-refractivity contribution < 1.29 is 23.1 Å². The molecule has 11 heteroatoms. The van der Waals surface area contributed by atoms with E-state index in [0.29, 0.717) is 6.54 Å². The van der Waals surface area contributed by atoms with Gasteiger partial charge in [-0.15, -0.1) is 0 Å². The summed E-state index contributed by atoms with van der Waals surface area (Å²) in [5.41, 5.74) is -2.59. The molecule has 2 aromatic rings. The molecule has 1 aliphatic rings. The predicted molar refractivity (Wildman–Crippen MR) is 132 cm³/mol. The smallest absolute Gasteiger partial charge is 0.423 e. The van der Waals surface area contributed by atoms with Crippen LogP contribution < -0.4 is 10.2 Å². The van der Waals surface area contributed by atoms with Gasteiger partial charge in [0.2, 0.25) is 11.9 Å². The Bertz CT molecular complexity index is 1180. The molecule has 1 N–H and O–H groups in total. The molecule has 0 saturated carbocycles. The summed E-state index contributed by atoms with van der Waals surface area (Å²) in [6, 6.07) is 2.40.